The standard InChI is InChI=1S/C9H8NO4.2ClH.Li.Mg/c1-2-14-9(11)7-4-3-5-8(6-7)10(12)13;;;;/h3-4,6H,2H2,1H3;2*1H;;/q-1;;;+1;+2/p-2. The zero-order valence-electron chi connectivity index (χ0n) is 9.98. The minimum absolute atomic E-state index is 0. The quantitative estimate of drug-likeness (QED) is 0.183. The minimum atomic E-state index is -0.608. The van der Waals surface area contributed by atoms with Crippen LogP contribution in [-0.4, -0.2) is 40.6 Å². The van der Waals surface area contributed by atoms with Crippen LogP contribution in [0.4, 0.5) is 5.69 Å². The van der Waals surface area contributed by atoms with Gasteiger partial charge in [-0.15, -0.1) is 6.07 Å². The van der Waals surface area contributed by atoms with Crippen LogP contribution in [0.15, 0.2) is 18.2 Å². The molecule has 0 aliphatic carbocycles. The van der Waals surface area contributed by atoms with Crippen molar-refractivity contribution in [2.75, 3.05) is 6.61 Å². The molecule has 0 radical (unpaired) electrons. The van der Waals surface area contributed by atoms with Crippen LogP contribution in [0.2, 0.25) is 0 Å². The Labute approximate surface area is 145 Å². The summed E-state index contributed by atoms with van der Waals surface area (Å²) in [6, 6.07) is 6.28. The maximum Gasteiger partial charge on any atom is 2.00 e. The molecule has 0 atom stereocenters. The number of esters is 1. The first-order valence-corrected chi connectivity index (χ1v) is 3.98. The molecule has 1 aromatic carbocycles. The fourth-order valence-corrected chi connectivity index (χ4v) is 0.901. The van der Waals surface area contributed by atoms with E-state index in [1.807, 2.05) is 0 Å². The maximum atomic E-state index is 11.2. The molecule has 0 bridgehead atoms. The maximum absolute atomic E-state index is 11.2. The van der Waals surface area contributed by atoms with Crippen molar-refractivity contribution in [1.29, 1.82) is 0 Å². The van der Waals surface area contributed by atoms with E-state index in [4.69, 9.17) is 0 Å². The summed E-state index contributed by atoms with van der Waals surface area (Å²) < 4.78 is 4.69. The summed E-state index contributed by atoms with van der Waals surface area (Å²) in [5.74, 6) is -0.565. The molecule has 9 heteroatoms. The molecular formula is C9H8Cl2LiMgNO4. The first-order valence-electron chi connectivity index (χ1n) is 3.98. The predicted molar refractivity (Wildman–Crippen MR) is 53.6 cm³/mol. The molecule has 1 aromatic rings. The van der Waals surface area contributed by atoms with Gasteiger partial charge in [0.2, 0.25) is 0 Å². The van der Waals surface area contributed by atoms with Gasteiger partial charge in [-0.2, -0.15) is 12.1 Å². The Kier molecular flexibility index (Phi) is 19.9. The van der Waals surface area contributed by atoms with Crippen LogP contribution in [0.3, 0.4) is 0 Å². The Balaban J connectivity index is -0.000000245. The van der Waals surface area contributed by atoms with Crippen molar-refractivity contribution in [2.24, 2.45) is 0 Å². The molecule has 0 heterocycles. The number of halogens is 2. The van der Waals surface area contributed by atoms with E-state index in [9.17, 15) is 14.9 Å². The van der Waals surface area contributed by atoms with Crippen LogP contribution in [0.5, 0.6) is 0 Å². The fourth-order valence-electron chi connectivity index (χ4n) is 0.901. The molecule has 1 rings (SSSR count). The summed E-state index contributed by atoms with van der Waals surface area (Å²) >= 11 is 0. The summed E-state index contributed by atoms with van der Waals surface area (Å²) in [5, 5.41) is 10.4. The summed E-state index contributed by atoms with van der Waals surface area (Å²) in [5.41, 5.74) is -0.0761. The van der Waals surface area contributed by atoms with E-state index < -0.39 is 10.9 Å². The Morgan fingerprint density at radius 1 is 1.50 bits per heavy atom. The van der Waals surface area contributed by atoms with Crippen molar-refractivity contribution in [2.45, 2.75) is 6.92 Å². The number of nitro benzene ring substituents is 1. The van der Waals surface area contributed by atoms with Gasteiger partial charge in [0.15, 0.2) is 5.69 Å². The van der Waals surface area contributed by atoms with E-state index >= 15 is 0 Å². The number of benzene rings is 1. The molecule has 0 aliphatic rings. The summed E-state index contributed by atoms with van der Waals surface area (Å²) in [6.07, 6.45) is 0. The number of hydrogen-bond donors (Lipinski definition) is 0. The Morgan fingerprint density at radius 2 is 2.06 bits per heavy atom. The minimum Gasteiger partial charge on any atom is -1.00 e. The number of nitro groups is 1. The molecule has 0 unspecified atom stereocenters. The smallest absolute Gasteiger partial charge is 1.00 e. The van der Waals surface area contributed by atoms with Crippen molar-refractivity contribution in [3.8, 4) is 0 Å². The van der Waals surface area contributed by atoms with Gasteiger partial charge in [0.05, 0.1) is 6.61 Å². The first-order chi connectivity index (χ1) is 6.65. The van der Waals surface area contributed by atoms with Gasteiger partial charge in [-0.1, -0.05) is 6.07 Å². The third kappa shape index (κ3) is 8.19. The summed E-state index contributed by atoms with van der Waals surface area (Å²) in [7, 11) is 0. The van der Waals surface area contributed by atoms with Crippen LogP contribution >= 0.6 is 0 Å². The number of ether oxygens (including phenoxy) is 1. The van der Waals surface area contributed by atoms with Crippen LogP contribution in [0.25, 0.3) is 0 Å². The molecule has 0 saturated carbocycles. The largest absolute Gasteiger partial charge is 2.00 e. The number of non-ortho nitro benzene ring substituents is 1. The average molecular weight is 296 g/mol. The topological polar surface area (TPSA) is 69.4 Å². The Bertz CT molecular complexity index is 381. The van der Waals surface area contributed by atoms with E-state index in [-0.39, 0.29) is 84.6 Å². The second-order valence-electron chi connectivity index (χ2n) is 2.44. The van der Waals surface area contributed by atoms with E-state index in [0.717, 1.165) is 6.07 Å². The van der Waals surface area contributed by atoms with E-state index in [2.05, 4.69) is 10.8 Å². The molecule has 0 aliphatic heterocycles. The summed E-state index contributed by atoms with van der Waals surface area (Å²) in [4.78, 5) is 20.9. The zero-order valence-corrected chi connectivity index (χ0v) is 12.9. The molecular weight excluding hydrogens is 288 g/mol. The zero-order chi connectivity index (χ0) is 10.6. The number of rotatable bonds is 3. The third-order valence-electron chi connectivity index (χ3n) is 1.49. The second-order valence-corrected chi connectivity index (χ2v) is 2.44. The first kappa shape index (κ1) is 26.6. The number of nitrogens with zero attached hydrogens (tertiary/aromatic N) is 1. The summed E-state index contributed by atoms with van der Waals surface area (Å²) in [6.45, 7) is 1.91. The van der Waals surface area contributed by atoms with Gasteiger partial charge in [0.25, 0.3) is 0 Å². The van der Waals surface area contributed by atoms with Gasteiger partial charge in [-0.3, -0.25) is 10.1 Å². The molecule has 0 N–H and O–H groups in total. The number of carbonyl (C=O) groups excluding carboxylic acids is 1. The Hall–Kier alpha value is 0.0336. The molecule has 0 aromatic heterocycles. The normalized spacial score (nSPS) is 7.39. The van der Waals surface area contributed by atoms with Gasteiger partial charge < -0.3 is 29.6 Å². The van der Waals surface area contributed by atoms with Crippen molar-refractivity contribution in [3.63, 3.8) is 0 Å². The predicted octanol–water partition coefficient (Wildman–Crippen LogP) is -7.80. The molecule has 90 valence electrons. The van der Waals surface area contributed by atoms with Crippen molar-refractivity contribution >= 4 is 34.7 Å². The van der Waals surface area contributed by atoms with E-state index in [0.29, 0.717) is 0 Å². The van der Waals surface area contributed by atoms with Gasteiger partial charge >= 0.3 is 47.9 Å². The average Bonchev–Trinajstić information content (AvgIpc) is 2.18. The van der Waals surface area contributed by atoms with E-state index in [1.165, 1.54) is 12.1 Å². The molecule has 5 nitrogen and oxygen atoms in total. The third-order valence-corrected chi connectivity index (χ3v) is 1.49. The molecule has 0 amide bonds. The monoisotopic (exact) mass is 295 g/mol. The van der Waals surface area contributed by atoms with Gasteiger partial charge in [0, 0.05) is 4.92 Å². The van der Waals surface area contributed by atoms with Crippen LogP contribution in [0, 0.1) is 16.2 Å². The molecule has 0 fully saturated rings. The van der Waals surface area contributed by atoms with Gasteiger partial charge in [-0.05, 0) is 12.5 Å². The molecule has 0 saturated heterocycles. The number of hydrogen-bond acceptors (Lipinski definition) is 4. The Morgan fingerprint density at radius 3 is 2.50 bits per heavy atom. The van der Waals surface area contributed by atoms with Crippen LogP contribution < -0.4 is 43.7 Å². The second kappa shape index (κ2) is 13.5. The SMILES string of the molecule is CCOC(=O)c1cc[c-]c([N+](=O)[O-])c1.[Cl-].[Cl-].[Li+].[Mg+2]. The molecule has 18 heavy (non-hydrogen) atoms. The van der Waals surface area contributed by atoms with Gasteiger partial charge in [0.1, 0.15) is 0 Å². The van der Waals surface area contributed by atoms with Crippen molar-refractivity contribution in [1.82, 2.24) is 0 Å². The van der Waals surface area contributed by atoms with Crippen LogP contribution in [-0.2, 0) is 4.74 Å². The van der Waals surface area contributed by atoms with Gasteiger partial charge in [-0.25, -0.2) is 4.79 Å². The fraction of sp³-hybridized carbons (Fsp3) is 0.222. The number of carbonyl (C=O) groups is 1. The van der Waals surface area contributed by atoms with Crippen LogP contribution in [0.1, 0.15) is 17.3 Å². The molecule has 0 spiro atoms. The van der Waals surface area contributed by atoms with Crippen molar-refractivity contribution < 1.29 is 58.1 Å². The van der Waals surface area contributed by atoms with Crippen molar-refractivity contribution in [3.05, 3.63) is 39.9 Å². The van der Waals surface area contributed by atoms with E-state index in [1.54, 1.807) is 6.92 Å².